The molecule has 8 heteroatoms. The molecule has 0 fully saturated rings. The molecule has 102 valence electrons. The van der Waals surface area contributed by atoms with Gasteiger partial charge < -0.3 is 5.32 Å². The molecule has 0 spiro atoms. The molecule has 0 heterocycles. The summed E-state index contributed by atoms with van der Waals surface area (Å²) in [5.74, 6) is 8.73. The summed E-state index contributed by atoms with van der Waals surface area (Å²) in [5.41, 5.74) is 4.83. The van der Waals surface area contributed by atoms with Crippen LogP contribution in [0.5, 0.6) is 0 Å². The van der Waals surface area contributed by atoms with Crippen LogP contribution in [0.3, 0.4) is 0 Å². The summed E-state index contributed by atoms with van der Waals surface area (Å²) in [4.78, 5) is 33.5. The number of anilines is 1. The fourth-order valence-corrected chi connectivity index (χ4v) is 1.31. The second-order valence-corrected chi connectivity index (χ2v) is 3.67. The molecule has 1 aromatic rings. The lowest BCUT2D eigenvalue weighted by Crippen LogP contribution is -2.30. The highest BCUT2D eigenvalue weighted by Gasteiger charge is 2.07. The first kappa shape index (κ1) is 14.6. The van der Waals surface area contributed by atoms with Crippen molar-refractivity contribution in [1.29, 1.82) is 0 Å². The van der Waals surface area contributed by atoms with E-state index < -0.39 is 11.8 Å². The van der Waals surface area contributed by atoms with Gasteiger partial charge in [0.25, 0.3) is 5.91 Å². The molecule has 8 nitrogen and oxygen atoms in total. The van der Waals surface area contributed by atoms with Gasteiger partial charge in [0.15, 0.2) is 0 Å². The van der Waals surface area contributed by atoms with E-state index in [1.54, 1.807) is 12.1 Å². The van der Waals surface area contributed by atoms with Gasteiger partial charge in [0.2, 0.25) is 11.8 Å². The quantitative estimate of drug-likeness (QED) is 0.264. The van der Waals surface area contributed by atoms with Crippen LogP contribution in [0.2, 0.25) is 0 Å². The second-order valence-electron chi connectivity index (χ2n) is 3.67. The molecule has 0 radical (unpaired) electrons. The van der Waals surface area contributed by atoms with Crippen LogP contribution in [-0.2, 0) is 9.59 Å². The third-order valence-electron chi connectivity index (χ3n) is 2.30. The highest BCUT2D eigenvalue weighted by molar-refractivity contribution is 5.96. The number of hydrazine groups is 2. The van der Waals surface area contributed by atoms with Crippen molar-refractivity contribution in [2.75, 3.05) is 5.32 Å². The number of nitrogen functional groups attached to an aromatic ring is 1. The van der Waals surface area contributed by atoms with Crippen molar-refractivity contribution < 1.29 is 14.4 Å². The van der Waals surface area contributed by atoms with Gasteiger partial charge in [0.05, 0.1) is 0 Å². The van der Waals surface area contributed by atoms with Crippen molar-refractivity contribution in [3.8, 4) is 0 Å². The Labute approximate surface area is 109 Å². The summed E-state index contributed by atoms with van der Waals surface area (Å²) in [7, 11) is 0. The predicted octanol–water partition coefficient (Wildman–Crippen LogP) is -1.00. The topological polar surface area (TPSA) is 139 Å². The Morgan fingerprint density at radius 2 is 1.47 bits per heavy atom. The first-order chi connectivity index (χ1) is 9.06. The first-order valence-corrected chi connectivity index (χ1v) is 5.47. The number of carbonyl (C=O) groups is 3. The maximum absolute atomic E-state index is 11.5. The maximum Gasteiger partial charge on any atom is 0.265 e. The van der Waals surface area contributed by atoms with Gasteiger partial charge in [-0.25, -0.2) is 11.7 Å². The van der Waals surface area contributed by atoms with E-state index in [1.165, 1.54) is 12.1 Å². The predicted molar refractivity (Wildman–Crippen MR) is 68.3 cm³/mol. The highest BCUT2D eigenvalue weighted by atomic mass is 16.2. The largest absolute Gasteiger partial charge is 0.326 e. The number of hydrogen-bond donors (Lipinski definition) is 5. The van der Waals surface area contributed by atoms with Crippen LogP contribution in [0, 0.1) is 0 Å². The van der Waals surface area contributed by atoms with E-state index >= 15 is 0 Å². The molecule has 0 saturated carbocycles. The third kappa shape index (κ3) is 4.74. The van der Waals surface area contributed by atoms with Crippen molar-refractivity contribution >= 4 is 23.4 Å². The molecule has 3 amide bonds. The fourth-order valence-electron chi connectivity index (χ4n) is 1.31. The van der Waals surface area contributed by atoms with Crippen LogP contribution in [0.1, 0.15) is 23.2 Å². The summed E-state index contributed by atoms with van der Waals surface area (Å²) in [6, 6.07) is 6.16. The second kappa shape index (κ2) is 7.09. The number of amides is 3. The minimum atomic E-state index is -0.419. The molecule has 0 bridgehead atoms. The zero-order chi connectivity index (χ0) is 14.3. The Morgan fingerprint density at radius 3 is 2.00 bits per heavy atom. The molecule has 0 saturated heterocycles. The zero-order valence-electron chi connectivity index (χ0n) is 10.1. The molecule has 1 rings (SSSR count). The lowest BCUT2D eigenvalue weighted by atomic mass is 10.2. The van der Waals surface area contributed by atoms with Crippen LogP contribution in [0.15, 0.2) is 24.3 Å². The molecule has 19 heavy (non-hydrogen) atoms. The summed E-state index contributed by atoms with van der Waals surface area (Å²) in [6.45, 7) is 0. The SMILES string of the molecule is NNC(=O)CCC(=O)Nc1ccc(C(=O)NN)cc1. The van der Waals surface area contributed by atoms with Gasteiger partial charge in [0, 0.05) is 24.1 Å². The number of carbonyl (C=O) groups excluding carboxylic acids is 3. The van der Waals surface area contributed by atoms with Crippen LogP contribution in [-0.4, -0.2) is 17.7 Å². The third-order valence-corrected chi connectivity index (χ3v) is 2.30. The maximum atomic E-state index is 11.5. The molecular weight excluding hydrogens is 250 g/mol. The molecule has 0 aliphatic carbocycles. The number of nitrogens with one attached hydrogen (secondary N) is 3. The summed E-state index contributed by atoms with van der Waals surface area (Å²) in [6.07, 6.45) is 0.0318. The molecule has 0 unspecified atom stereocenters. The summed E-state index contributed by atoms with van der Waals surface area (Å²) >= 11 is 0. The van der Waals surface area contributed by atoms with Crippen molar-refractivity contribution in [1.82, 2.24) is 10.9 Å². The highest BCUT2D eigenvalue weighted by Crippen LogP contribution is 2.10. The standard InChI is InChI=1S/C11H15N5O3/c12-15-10(18)6-5-9(17)14-8-3-1-7(2-4-8)11(19)16-13/h1-4H,5-6,12-13H2,(H,14,17)(H,15,18)(H,16,19). The normalized spacial score (nSPS) is 9.58. The van der Waals surface area contributed by atoms with Crippen molar-refractivity contribution in [3.63, 3.8) is 0 Å². The van der Waals surface area contributed by atoms with Crippen LogP contribution in [0.25, 0.3) is 0 Å². The Balaban J connectivity index is 2.51. The number of nitrogens with two attached hydrogens (primary N) is 2. The van der Waals surface area contributed by atoms with Gasteiger partial charge in [-0.3, -0.25) is 25.2 Å². The number of hydrogen-bond acceptors (Lipinski definition) is 5. The smallest absolute Gasteiger partial charge is 0.265 e. The minimum Gasteiger partial charge on any atom is -0.326 e. The molecule has 1 aromatic carbocycles. The lowest BCUT2D eigenvalue weighted by molar-refractivity contribution is -0.124. The van der Waals surface area contributed by atoms with Crippen LogP contribution >= 0.6 is 0 Å². The van der Waals surface area contributed by atoms with E-state index in [9.17, 15) is 14.4 Å². The van der Waals surface area contributed by atoms with Gasteiger partial charge in [-0.05, 0) is 24.3 Å². The Hall–Kier alpha value is -2.45. The van der Waals surface area contributed by atoms with Gasteiger partial charge in [-0.15, -0.1) is 0 Å². The minimum absolute atomic E-state index is 0.00992. The number of rotatable bonds is 5. The molecule has 0 aliphatic heterocycles. The van der Waals surface area contributed by atoms with Crippen molar-refractivity contribution in [2.45, 2.75) is 12.8 Å². The average Bonchev–Trinajstić information content (AvgIpc) is 2.44. The van der Waals surface area contributed by atoms with E-state index in [0.29, 0.717) is 11.3 Å². The monoisotopic (exact) mass is 265 g/mol. The van der Waals surface area contributed by atoms with E-state index in [1.807, 2.05) is 10.9 Å². The van der Waals surface area contributed by atoms with E-state index in [4.69, 9.17) is 11.7 Å². The van der Waals surface area contributed by atoms with E-state index in [-0.39, 0.29) is 18.7 Å². The zero-order valence-corrected chi connectivity index (χ0v) is 10.1. The van der Waals surface area contributed by atoms with E-state index in [0.717, 1.165) is 0 Å². The van der Waals surface area contributed by atoms with E-state index in [2.05, 4.69) is 5.32 Å². The Morgan fingerprint density at radius 1 is 0.895 bits per heavy atom. The molecule has 0 aromatic heterocycles. The van der Waals surface area contributed by atoms with Crippen molar-refractivity contribution in [2.24, 2.45) is 11.7 Å². The van der Waals surface area contributed by atoms with Gasteiger partial charge >= 0.3 is 0 Å². The summed E-state index contributed by atoms with van der Waals surface area (Å²) < 4.78 is 0. The van der Waals surface area contributed by atoms with Gasteiger partial charge in [0.1, 0.15) is 0 Å². The Kier molecular flexibility index (Phi) is 5.45. The average molecular weight is 265 g/mol. The number of benzene rings is 1. The lowest BCUT2D eigenvalue weighted by Gasteiger charge is -2.06. The van der Waals surface area contributed by atoms with Gasteiger partial charge in [-0.2, -0.15) is 0 Å². The van der Waals surface area contributed by atoms with Crippen molar-refractivity contribution in [3.05, 3.63) is 29.8 Å². The van der Waals surface area contributed by atoms with Crippen LogP contribution in [0.4, 0.5) is 5.69 Å². The molecular formula is C11H15N5O3. The van der Waals surface area contributed by atoms with Gasteiger partial charge in [-0.1, -0.05) is 0 Å². The Bertz CT molecular complexity index is 472. The molecule has 7 N–H and O–H groups in total. The first-order valence-electron chi connectivity index (χ1n) is 5.47. The summed E-state index contributed by atoms with van der Waals surface area (Å²) in [5, 5.41) is 2.58. The molecule has 0 aliphatic rings. The fraction of sp³-hybridized carbons (Fsp3) is 0.182. The van der Waals surface area contributed by atoms with Crippen LogP contribution < -0.4 is 27.9 Å². The molecule has 0 atom stereocenters.